The molecule has 0 aliphatic heterocycles. The highest BCUT2D eigenvalue weighted by Gasteiger charge is 2.11. The van der Waals surface area contributed by atoms with E-state index in [1.54, 1.807) is 30.3 Å². The van der Waals surface area contributed by atoms with Gasteiger partial charge in [-0.15, -0.1) is 0 Å². The maximum atomic E-state index is 12.0. The molecule has 0 aliphatic carbocycles. The minimum absolute atomic E-state index is 0.306. The largest absolute Gasteiger partial charge is 0.306 e. The minimum Gasteiger partial charge on any atom is -0.306 e. The Morgan fingerprint density at radius 1 is 1.17 bits per heavy atom. The van der Waals surface area contributed by atoms with Crippen molar-refractivity contribution in [1.29, 1.82) is 0 Å². The number of hydrogen-bond acceptors (Lipinski definition) is 2. The lowest BCUT2D eigenvalue weighted by molar-refractivity contribution is 0.102. The first-order valence-corrected chi connectivity index (χ1v) is 6.49. The molecule has 0 saturated heterocycles. The Balaban J connectivity index is 2.24. The predicted molar refractivity (Wildman–Crippen MR) is 76.4 cm³/mol. The molecule has 0 atom stereocenters. The number of halogens is 3. The average molecular weight is 346 g/mol. The average Bonchev–Trinajstić information content (AvgIpc) is 2.32. The van der Waals surface area contributed by atoms with Crippen LogP contribution in [-0.4, -0.2) is 10.9 Å². The monoisotopic (exact) mass is 344 g/mol. The first kappa shape index (κ1) is 13.3. The lowest BCUT2D eigenvalue weighted by Gasteiger charge is -2.06. The second-order valence-electron chi connectivity index (χ2n) is 3.44. The Morgan fingerprint density at radius 3 is 2.61 bits per heavy atom. The van der Waals surface area contributed by atoms with E-state index in [-0.39, 0.29) is 5.91 Å². The first-order chi connectivity index (χ1) is 8.56. The quantitative estimate of drug-likeness (QED) is 0.876. The van der Waals surface area contributed by atoms with Gasteiger partial charge in [0.2, 0.25) is 0 Å². The summed E-state index contributed by atoms with van der Waals surface area (Å²) < 4.78 is 0.659. The predicted octanol–water partition coefficient (Wildman–Crippen LogP) is 4.40. The molecule has 0 radical (unpaired) electrons. The molecule has 0 unspecified atom stereocenters. The van der Waals surface area contributed by atoms with E-state index in [0.29, 0.717) is 25.9 Å². The zero-order valence-electron chi connectivity index (χ0n) is 8.95. The van der Waals surface area contributed by atoms with Crippen LogP contribution in [-0.2, 0) is 0 Å². The second-order valence-corrected chi connectivity index (χ2v) is 5.16. The summed E-state index contributed by atoms with van der Waals surface area (Å²) in [5.41, 5.74) is 0.435. The zero-order chi connectivity index (χ0) is 13.1. The lowest BCUT2D eigenvalue weighted by atomic mass is 10.2. The van der Waals surface area contributed by atoms with Crippen LogP contribution in [0.3, 0.4) is 0 Å². The number of carbonyl (C=O) groups is 1. The molecule has 0 aliphatic rings. The zero-order valence-corrected chi connectivity index (χ0v) is 12.1. The molecule has 18 heavy (non-hydrogen) atoms. The molecule has 2 rings (SSSR count). The van der Waals surface area contributed by atoms with Gasteiger partial charge in [0.05, 0.1) is 5.56 Å². The number of rotatable bonds is 2. The number of amides is 1. The van der Waals surface area contributed by atoms with Crippen LogP contribution in [0.2, 0.25) is 10.0 Å². The topological polar surface area (TPSA) is 42.0 Å². The Hall–Kier alpha value is -1.10. The molecule has 1 aromatic carbocycles. The molecule has 0 spiro atoms. The molecule has 1 N–H and O–H groups in total. The minimum atomic E-state index is -0.306. The Bertz CT molecular complexity index is 604. The summed E-state index contributed by atoms with van der Waals surface area (Å²) >= 11 is 15.0. The summed E-state index contributed by atoms with van der Waals surface area (Å²) in [5, 5.41) is 3.64. The summed E-state index contributed by atoms with van der Waals surface area (Å²) in [5.74, 6) is 0.0820. The highest BCUT2D eigenvalue weighted by Crippen LogP contribution is 2.22. The van der Waals surface area contributed by atoms with Gasteiger partial charge in [-0.05, 0) is 46.3 Å². The highest BCUT2D eigenvalue weighted by atomic mass is 79.9. The van der Waals surface area contributed by atoms with Gasteiger partial charge in [0, 0.05) is 20.7 Å². The van der Waals surface area contributed by atoms with Crippen LogP contribution in [0.15, 0.2) is 41.0 Å². The molecule has 1 amide bonds. The van der Waals surface area contributed by atoms with E-state index in [2.05, 4.69) is 26.2 Å². The maximum absolute atomic E-state index is 12.0. The van der Waals surface area contributed by atoms with E-state index in [0.717, 1.165) is 0 Å². The van der Waals surface area contributed by atoms with Crippen LogP contribution < -0.4 is 5.32 Å². The molecule has 0 bridgehead atoms. The van der Waals surface area contributed by atoms with Gasteiger partial charge in [0.1, 0.15) is 5.82 Å². The smallest absolute Gasteiger partial charge is 0.258 e. The molecular weight excluding hydrogens is 339 g/mol. The van der Waals surface area contributed by atoms with E-state index >= 15 is 0 Å². The summed E-state index contributed by atoms with van der Waals surface area (Å²) in [6.07, 6.45) is 1.52. The van der Waals surface area contributed by atoms with Crippen LogP contribution in [0.4, 0.5) is 5.82 Å². The Kier molecular flexibility index (Phi) is 4.22. The Labute approximate surface area is 122 Å². The van der Waals surface area contributed by atoms with Gasteiger partial charge in [0.25, 0.3) is 5.91 Å². The van der Waals surface area contributed by atoms with Crippen molar-refractivity contribution in [3.63, 3.8) is 0 Å². The third kappa shape index (κ3) is 3.22. The standard InChI is InChI=1S/C12H7BrCl2N2O/c13-10-2-1-7(14)5-9(10)12(18)17-11-6-8(15)3-4-16-11/h1-6H,(H,16,17,18). The number of anilines is 1. The number of benzene rings is 1. The molecule has 92 valence electrons. The first-order valence-electron chi connectivity index (χ1n) is 4.94. The van der Waals surface area contributed by atoms with Gasteiger partial charge in [0.15, 0.2) is 0 Å². The van der Waals surface area contributed by atoms with Gasteiger partial charge in [-0.1, -0.05) is 23.2 Å². The van der Waals surface area contributed by atoms with E-state index in [9.17, 15) is 4.79 Å². The molecule has 2 aromatic rings. The molecular formula is C12H7BrCl2N2O. The molecule has 3 nitrogen and oxygen atoms in total. The van der Waals surface area contributed by atoms with Gasteiger partial charge in [-0.25, -0.2) is 4.98 Å². The fraction of sp³-hybridized carbons (Fsp3) is 0. The van der Waals surface area contributed by atoms with Gasteiger partial charge in [-0.3, -0.25) is 4.79 Å². The third-order valence-corrected chi connectivity index (χ3v) is 3.30. The Morgan fingerprint density at radius 2 is 1.89 bits per heavy atom. The van der Waals surface area contributed by atoms with Crippen molar-refractivity contribution in [2.75, 3.05) is 5.32 Å². The molecule has 6 heteroatoms. The SMILES string of the molecule is O=C(Nc1cc(Cl)ccn1)c1cc(Cl)ccc1Br. The highest BCUT2D eigenvalue weighted by molar-refractivity contribution is 9.10. The van der Waals surface area contributed by atoms with Crippen LogP contribution in [0, 0.1) is 0 Å². The van der Waals surface area contributed by atoms with E-state index in [4.69, 9.17) is 23.2 Å². The maximum Gasteiger partial charge on any atom is 0.258 e. The van der Waals surface area contributed by atoms with Crippen molar-refractivity contribution < 1.29 is 4.79 Å². The summed E-state index contributed by atoms with van der Waals surface area (Å²) in [7, 11) is 0. The number of aromatic nitrogens is 1. The van der Waals surface area contributed by atoms with Crippen molar-refractivity contribution in [3.05, 3.63) is 56.6 Å². The third-order valence-electron chi connectivity index (χ3n) is 2.14. The lowest BCUT2D eigenvalue weighted by Crippen LogP contribution is -2.13. The summed E-state index contributed by atoms with van der Waals surface area (Å²) in [6, 6.07) is 8.18. The van der Waals surface area contributed by atoms with E-state index in [1.165, 1.54) is 6.20 Å². The number of carbonyl (C=O) groups excluding carboxylic acids is 1. The second kappa shape index (κ2) is 5.69. The van der Waals surface area contributed by atoms with Crippen molar-refractivity contribution in [3.8, 4) is 0 Å². The normalized spacial score (nSPS) is 10.2. The van der Waals surface area contributed by atoms with Crippen molar-refractivity contribution >= 4 is 50.9 Å². The summed E-state index contributed by atoms with van der Waals surface area (Å²) in [4.78, 5) is 16.0. The van der Waals surface area contributed by atoms with E-state index in [1.807, 2.05) is 0 Å². The van der Waals surface area contributed by atoms with Gasteiger partial charge in [-0.2, -0.15) is 0 Å². The van der Waals surface area contributed by atoms with Crippen LogP contribution in [0.25, 0.3) is 0 Å². The van der Waals surface area contributed by atoms with Crippen LogP contribution in [0.1, 0.15) is 10.4 Å². The molecule has 0 saturated carbocycles. The van der Waals surface area contributed by atoms with Gasteiger partial charge < -0.3 is 5.32 Å². The fourth-order valence-electron chi connectivity index (χ4n) is 1.33. The number of pyridine rings is 1. The number of hydrogen-bond donors (Lipinski definition) is 1. The van der Waals surface area contributed by atoms with Crippen molar-refractivity contribution in [1.82, 2.24) is 4.98 Å². The van der Waals surface area contributed by atoms with Crippen molar-refractivity contribution in [2.24, 2.45) is 0 Å². The molecule has 1 aromatic heterocycles. The van der Waals surface area contributed by atoms with Crippen molar-refractivity contribution in [2.45, 2.75) is 0 Å². The fourth-order valence-corrected chi connectivity index (χ4v) is 2.09. The van der Waals surface area contributed by atoms with E-state index < -0.39 is 0 Å². The van der Waals surface area contributed by atoms with Gasteiger partial charge >= 0.3 is 0 Å². The number of nitrogens with one attached hydrogen (secondary N) is 1. The summed E-state index contributed by atoms with van der Waals surface area (Å²) in [6.45, 7) is 0. The molecule has 1 heterocycles. The van der Waals surface area contributed by atoms with Crippen LogP contribution in [0.5, 0.6) is 0 Å². The van der Waals surface area contributed by atoms with Crippen LogP contribution >= 0.6 is 39.1 Å². The molecule has 0 fully saturated rings. The number of nitrogens with zero attached hydrogens (tertiary/aromatic N) is 1.